The summed E-state index contributed by atoms with van der Waals surface area (Å²) in [7, 11) is 0. The molecule has 0 heterocycles. The minimum Gasteiger partial charge on any atom is -0.480 e. The Morgan fingerprint density at radius 3 is 2.36 bits per heavy atom. The molecule has 22 heavy (non-hydrogen) atoms. The number of carbonyl (C=O) groups is 3. The number of carboxylic acids is 1. The zero-order valence-electron chi connectivity index (χ0n) is 13.3. The van der Waals surface area contributed by atoms with Gasteiger partial charge in [0, 0.05) is 18.2 Å². The number of hydrogen-bond acceptors (Lipinski definition) is 3. The van der Waals surface area contributed by atoms with Crippen molar-refractivity contribution in [2.75, 3.05) is 5.32 Å². The monoisotopic (exact) mass is 306 g/mol. The van der Waals surface area contributed by atoms with Crippen LogP contribution in [0.3, 0.4) is 0 Å². The number of aliphatic carboxylic acids is 1. The fourth-order valence-electron chi connectivity index (χ4n) is 2.08. The van der Waals surface area contributed by atoms with Crippen molar-refractivity contribution in [1.29, 1.82) is 0 Å². The predicted octanol–water partition coefficient (Wildman–Crippen LogP) is 2.18. The first-order valence-corrected chi connectivity index (χ1v) is 7.12. The number of carbonyl (C=O) groups excluding carboxylic acids is 2. The highest BCUT2D eigenvalue weighted by atomic mass is 16.4. The second-order valence-corrected chi connectivity index (χ2v) is 5.70. The molecule has 6 heteroatoms. The highest BCUT2D eigenvalue weighted by Gasteiger charge is 2.22. The van der Waals surface area contributed by atoms with E-state index in [1.165, 1.54) is 6.92 Å². The van der Waals surface area contributed by atoms with Gasteiger partial charge in [-0.2, -0.15) is 0 Å². The molecule has 1 aromatic carbocycles. The maximum absolute atomic E-state index is 12.3. The third-order valence-corrected chi connectivity index (χ3v) is 3.11. The van der Waals surface area contributed by atoms with Crippen molar-refractivity contribution in [1.82, 2.24) is 5.32 Å². The Balaban J connectivity index is 2.96. The van der Waals surface area contributed by atoms with Gasteiger partial charge in [-0.15, -0.1) is 0 Å². The molecule has 0 spiro atoms. The molecule has 0 fully saturated rings. The van der Waals surface area contributed by atoms with Crippen LogP contribution in [0.5, 0.6) is 0 Å². The van der Waals surface area contributed by atoms with Gasteiger partial charge in [-0.1, -0.05) is 19.9 Å². The molecule has 2 amide bonds. The molecule has 0 aromatic heterocycles. The Hall–Kier alpha value is -2.37. The lowest BCUT2D eigenvalue weighted by atomic mass is 10.0. The average molecular weight is 306 g/mol. The second kappa shape index (κ2) is 7.59. The summed E-state index contributed by atoms with van der Waals surface area (Å²) in [6, 6.07) is 4.01. The van der Waals surface area contributed by atoms with E-state index < -0.39 is 17.9 Å². The quantitative estimate of drug-likeness (QED) is 0.750. The molecule has 6 nitrogen and oxygen atoms in total. The molecule has 0 saturated heterocycles. The van der Waals surface area contributed by atoms with Crippen LogP contribution in [0.1, 0.15) is 43.1 Å². The van der Waals surface area contributed by atoms with Crippen molar-refractivity contribution >= 4 is 23.5 Å². The maximum atomic E-state index is 12.3. The lowest BCUT2D eigenvalue weighted by molar-refractivity contribution is -0.139. The summed E-state index contributed by atoms with van der Waals surface area (Å²) in [5.41, 5.74) is 1.56. The number of aryl methyl sites for hydroxylation is 1. The first kappa shape index (κ1) is 17.7. The second-order valence-electron chi connectivity index (χ2n) is 5.70. The van der Waals surface area contributed by atoms with Gasteiger partial charge in [0.2, 0.25) is 5.91 Å². The number of carboxylic acid groups (broad SMARTS) is 1. The molecular weight excluding hydrogens is 284 g/mol. The summed E-state index contributed by atoms with van der Waals surface area (Å²) in [6.07, 6.45) is 0.353. The summed E-state index contributed by atoms with van der Waals surface area (Å²) in [6.45, 7) is 6.92. The molecule has 0 unspecified atom stereocenters. The van der Waals surface area contributed by atoms with E-state index in [9.17, 15) is 19.5 Å². The Morgan fingerprint density at radius 1 is 1.23 bits per heavy atom. The van der Waals surface area contributed by atoms with Crippen molar-refractivity contribution in [3.05, 3.63) is 29.3 Å². The van der Waals surface area contributed by atoms with Crippen LogP contribution >= 0.6 is 0 Å². The predicted molar refractivity (Wildman–Crippen MR) is 83.8 cm³/mol. The van der Waals surface area contributed by atoms with E-state index >= 15 is 0 Å². The Labute approximate surface area is 129 Å². The van der Waals surface area contributed by atoms with Crippen molar-refractivity contribution in [3.8, 4) is 0 Å². The summed E-state index contributed by atoms with van der Waals surface area (Å²) in [5, 5.41) is 14.3. The molecular formula is C16H22N2O4. The summed E-state index contributed by atoms with van der Waals surface area (Å²) >= 11 is 0. The number of anilines is 1. The Bertz CT molecular complexity index is 582. The van der Waals surface area contributed by atoms with Crippen molar-refractivity contribution in [2.24, 2.45) is 5.92 Å². The third kappa shape index (κ3) is 5.20. The smallest absolute Gasteiger partial charge is 0.326 e. The molecule has 0 radical (unpaired) electrons. The largest absolute Gasteiger partial charge is 0.480 e. The van der Waals surface area contributed by atoms with E-state index in [0.717, 1.165) is 0 Å². The first-order valence-electron chi connectivity index (χ1n) is 7.12. The van der Waals surface area contributed by atoms with Crippen LogP contribution in [0.2, 0.25) is 0 Å². The zero-order chi connectivity index (χ0) is 16.9. The molecule has 3 N–H and O–H groups in total. The average Bonchev–Trinajstić information content (AvgIpc) is 2.38. The molecule has 0 aliphatic carbocycles. The van der Waals surface area contributed by atoms with Crippen LogP contribution in [0.25, 0.3) is 0 Å². The fraction of sp³-hybridized carbons (Fsp3) is 0.438. The SMILES string of the molecule is CC(=O)Nc1ccc(C)c(C(=O)N[C@@H](CC(C)C)C(=O)O)c1. The summed E-state index contributed by atoms with van der Waals surface area (Å²) < 4.78 is 0. The standard InChI is InChI=1S/C16H22N2O4/c1-9(2)7-14(16(21)22)18-15(20)13-8-12(17-11(4)19)6-5-10(13)3/h5-6,8-9,14H,7H2,1-4H3,(H,17,19)(H,18,20)(H,21,22)/t14-/m0/s1. The van der Waals surface area contributed by atoms with Gasteiger partial charge in [-0.3, -0.25) is 9.59 Å². The van der Waals surface area contributed by atoms with Crippen LogP contribution in [0.4, 0.5) is 5.69 Å². The van der Waals surface area contributed by atoms with Crippen LogP contribution in [0, 0.1) is 12.8 Å². The van der Waals surface area contributed by atoms with E-state index in [1.54, 1.807) is 25.1 Å². The third-order valence-electron chi connectivity index (χ3n) is 3.11. The first-order chi connectivity index (χ1) is 10.2. The van der Waals surface area contributed by atoms with Crippen LogP contribution < -0.4 is 10.6 Å². The molecule has 0 aliphatic rings. The number of amides is 2. The minimum absolute atomic E-state index is 0.146. The van der Waals surface area contributed by atoms with Gasteiger partial charge in [-0.25, -0.2) is 4.79 Å². The highest BCUT2D eigenvalue weighted by Crippen LogP contribution is 2.16. The molecule has 1 rings (SSSR count). The highest BCUT2D eigenvalue weighted by molar-refractivity contribution is 5.99. The molecule has 0 saturated carbocycles. The van der Waals surface area contributed by atoms with E-state index in [-0.39, 0.29) is 11.8 Å². The van der Waals surface area contributed by atoms with E-state index in [4.69, 9.17) is 0 Å². The molecule has 1 atom stereocenters. The normalized spacial score (nSPS) is 11.9. The van der Waals surface area contributed by atoms with Gasteiger partial charge in [0.25, 0.3) is 5.91 Å². The Morgan fingerprint density at radius 2 is 1.86 bits per heavy atom. The lowest BCUT2D eigenvalue weighted by Gasteiger charge is -2.17. The van der Waals surface area contributed by atoms with Gasteiger partial charge in [0.15, 0.2) is 0 Å². The molecule has 0 aliphatic heterocycles. The van der Waals surface area contributed by atoms with Gasteiger partial charge in [-0.05, 0) is 37.0 Å². The molecule has 120 valence electrons. The zero-order valence-corrected chi connectivity index (χ0v) is 13.3. The van der Waals surface area contributed by atoms with Crippen molar-refractivity contribution in [2.45, 2.75) is 40.2 Å². The summed E-state index contributed by atoms with van der Waals surface area (Å²) in [4.78, 5) is 34.6. The summed E-state index contributed by atoms with van der Waals surface area (Å²) in [5.74, 6) is -1.61. The van der Waals surface area contributed by atoms with Crippen LogP contribution in [-0.2, 0) is 9.59 Å². The van der Waals surface area contributed by atoms with Gasteiger partial charge in [0.1, 0.15) is 6.04 Å². The number of benzene rings is 1. The topological polar surface area (TPSA) is 95.5 Å². The van der Waals surface area contributed by atoms with Crippen LogP contribution in [-0.4, -0.2) is 28.9 Å². The number of hydrogen-bond donors (Lipinski definition) is 3. The lowest BCUT2D eigenvalue weighted by Crippen LogP contribution is -2.41. The van der Waals surface area contributed by atoms with Gasteiger partial charge < -0.3 is 15.7 Å². The Kier molecular flexibility index (Phi) is 6.10. The molecule has 1 aromatic rings. The number of rotatable bonds is 6. The van der Waals surface area contributed by atoms with E-state index in [2.05, 4.69) is 10.6 Å². The van der Waals surface area contributed by atoms with Crippen LogP contribution in [0.15, 0.2) is 18.2 Å². The fourth-order valence-corrected chi connectivity index (χ4v) is 2.08. The maximum Gasteiger partial charge on any atom is 0.326 e. The van der Waals surface area contributed by atoms with E-state index in [0.29, 0.717) is 23.2 Å². The van der Waals surface area contributed by atoms with Gasteiger partial charge in [0.05, 0.1) is 0 Å². The molecule has 0 bridgehead atoms. The minimum atomic E-state index is -1.06. The van der Waals surface area contributed by atoms with E-state index in [1.807, 2.05) is 13.8 Å². The van der Waals surface area contributed by atoms with Crippen molar-refractivity contribution in [3.63, 3.8) is 0 Å². The number of nitrogens with one attached hydrogen (secondary N) is 2. The van der Waals surface area contributed by atoms with Crippen molar-refractivity contribution < 1.29 is 19.5 Å². The van der Waals surface area contributed by atoms with Gasteiger partial charge >= 0.3 is 5.97 Å².